The maximum atomic E-state index is 6.09. The second-order valence-corrected chi connectivity index (χ2v) is 5.83. The number of aromatic nitrogens is 1. The molecule has 2 aromatic carbocycles. The molecule has 3 aromatic rings. The van der Waals surface area contributed by atoms with E-state index in [2.05, 4.69) is 41.4 Å². The lowest BCUT2D eigenvalue weighted by molar-refractivity contribution is 0.206. The van der Waals surface area contributed by atoms with E-state index in [9.17, 15) is 0 Å². The Kier molecular flexibility index (Phi) is 2.39. The molecule has 2 atom stereocenters. The Hall–Kier alpha value is -2.68. The first-order valence-corrected chi connectivity index (χ1v) is 7.57. The van der Waals surface area contributed by atoms with E-state index in [0.29, 0.717) is 5.90 Å². The van der Waals surface area contributed by atoms with Crippen molar-refractivity contribution in [1.29, 1.82) is 0 Å². The SMILES string of the molecule is c1ccc2c(c1)C[C@H]1OC(c3ccc4ccccc4n3)=N[C@@H]21. The molecule has 0 fully saturated rings. The number of pyridine rings is 1. The van der Waals surface area contributed by atoms with Crippen molar-refractivity contribution in [3.8, 4) is 0 Å². The highest BCUT2D eigenvalue weighted by Gasteiger charge is 2.39. The molecule has 2 heterocycles. The van der Waals surface area contributed by atoms with Crippen molar-refractivity contribution in [3.63, 3.8) is 0 Å². The Balaban J connectivity index is 1.57. The molecule has 0 spiro atoms. The van der Waals surface area contributed by atoms with Gasteiger partial charge in [0.05, 0.1) is 5.52 Å². The molecule has 0 bridgehead atoms. The van der Waals surface area contributed by atoms with Crippen molar-refractivity contribution in [1.82, 2.24) is 4.98 Å². The van der Waals surface area contributed by atoms with Crippen molar-refractivity contribution in [2.24, 2.45) is 4.99 Å². The molecule has 2 aliphatic rings. The van der Waals surface area contributed by atoms with Crippen LogP contribution >= 0.6 is 0 Å². The summed E-state index contributed by atoms with van der Waals surface area (Å²) in [5, 5.41) is 1.13. The maximum Gasteiger partial charge on any atom is 0.236 e. The van der Waals surface area contributed by atoms with Gasteiger partial charge in [0.25, 0.3) is 0 Å². The average Bonchev–Trinajstić information content (AvgIpc) is 3.12. The van der Waals surface area contributed by atoms with Crippen LogP contribution in [0.2, 0.25) is 0 Å². The fourth-order valence-electron chi connectivity index (χ4n) is 3.41. The van der Waals surface area contributed by atoms with Crippen molar-refractivity contribution in [2.45, 2.75) is 18.6 Å². The third-order valence-corrected chi connectivity index (χ3v) is 4.48. The normalized spacial score (nSPS) is 22.1. The van der Waals surface area contributed by atoms with E-state index in [1.54, 1.807) is 0 Å². The van der Waals surface area contributed by atoms with Gasteiger partial charge in [-0.2, -0.15) is 0 Å². The molecule has 0 amide bonds. The van der Waals surface area contributed by atoms with Crippen LogP contribution in [0.4, 0.5) is 0 Å². The summed E-state index contributed by atoms with van der Waals surface area (Å²) in [6.45, 7) is 0. The summed E-state index contributed by atoms with van der Waals surface area (Å²) < 4.78 is 6.09. The third kappa shape index (κ3) is 1.69. The zero-order chi connectivity index (χ0) is 14.5. The predicted octanol–water partition coefficient (Wildman–Crippen LogP) is 3.68. The quantitative estimate of drug-likeness (QED) is 0.684. The minimum Gasteiger partial charge on any atom is -0.470 e. The highest BCUT2D eigenvalue weighted by molar-refractivity contribution is 5.96. The van der Waals surface area contributed by atoms with Crippen LogP contribution in [-0.4, -0.2) is 17.0 Å². The van der Waals surface area contributed by atoms with Gasteiger partial charge in [-0.05, 0) is 23.3 Å². The Morgan fingerprint density at radius 3 is 2.77 bits per heavy atom. The van der Waals surface area contributed by atoms with Crippen molar-refractivity contribution in [2.75, 3.05) is 0 Å². The van der Waals surface area contributed by atoms with Gasteiger partial charge in [0.2, 0.25) is 5.90 Å². The van der Waals surface area contributed by atoms with Gasteiger partial charge in [-0.3, -0.25) is 0 Å². The number of aliphatic imine (C=N–C) groups is 1. The number of hydrogen-bond donors (Lipinski definition) is 0. The predicted molar refractivity (Wildman–Crippen MR) is 86.0 cm³/mol. The zero-order valence-electron chi connectivity index (χ0n) is 11.9. The number of nitrogens with zero attached hydrogens (tertiary/aromatic N) is 2. The molecule has 5 rings (SSSR count). The summed E-state index contributed by atoms with van der Waals surface area (Å²) >= 11 is 0. The molecule has 3 heteroatoms. The summed E-state index contributed by atoms with van der Waals surface area (Å²) in [7, 11) is 0. The Labute approximate surface area is 128 Å². The monoisotopic (exact) mass is 286 g/mol. The van der Waals surface area contributed by atoms with E-state index >= 15 is 0 Å². The van der Waals surface area contributed by atoms with Crippen LogP contribution in [0.15, 0.2) is 65.7 Å². The largest absolute Gasteiger partial charge is 0.470 e. The highest BCUT2D eigenvalue weighted by atomic mass is 16.5. The van der Waals surface area contributed by atoms with Crippen LogP contribution in [0, 0.1) is 0 Å². The first kappa shape index (κ1) is 11.9. The highest BCUT2D eigenvalue weighted by Crippen LogP contribution is 2.40. The molecule has 0 unspecified atom stereocenters. The number of para-hydroxylation sites is 1. The first-order chi connectivity index (χ1) is 10.9. The molecule has 3 nitrogen and oxygen atoms in total. The third-order valence-electron chi connectivity index (χ3n) is 4.48. The lowest BCUT2D eigenvalue weighted by Gasteiger charge is -2.08. The van der Waals surface area contributed by atoms with Crippen LogP contribution in [0.1, 0.15) is 22.9 Å². The van der Waals surface area contributed by atoms with Gasteiger partial charge in [-0.1, -0.05) is 48.5 Å². The summed E-state index contributed by atoms with van der Waals surface area (Å²) in [6.07, 6.45) is 1.06. The van der Waals surface area contributed by atoms with Crippen molar-refractivity contribution >= 4 is 16.8 Å². The standard InChI is InChI=1S/C19H14N2O/c1-3-7-14-13(6-1)11-17-18(14)21-19(22-17)16-10-9-12-5-2-4-8-15(12)20-16/h1-10,17-18H,11H2/t17-,18+/m1/s1. The Bertz CT molecular complexity index is 916. The van der Waals surface area contributed by atoms with E-state index in [1.807, 2.05) is 24.3 Å². The number of ether oxygens (including phenoxy) is 1. The summed E-state index contributed by atoms with van der Waals surface area (Å²) in [4.78, 5) is 9.49. The zero-order valence-corrected chi connectivity index (χ0v) is 11.9. The van der Waals surface area contributed by atoms with Crippen LogP contribution in [0.3, 0.4) is 0 Å². The molecule has 1 aliphatic carbocycles. The van der Waals surface area contributed by atoms with Crippen molar-refractivity contribution < 1.29 is 4.74 Å². The smallest absolute Gasteiger partial charge is 0.236 e. The van der Waals surface area contributed by atoms with E-state index < -0.39 is 0 Å². The number of fused-ring (bicyclic) bond motifs is 4. The molecule has 106 valence electrons. The minimum atomic E-state index is 0.125. The molecule has 1 aliphatic heterocycles. The molecule has 22 heavy (non-hydrogen) atoms. The molecule has 0 N–H and O–H groups in total. The van der Waals surface area contributed by atoms with E-state index in [0.717, 1.165) is 23.0 Å². The molecule has 0 saturated heterocycles. The lowest BCUT2D eigenvalue weighted by atomic mass is 10.1. The van der Waals surface area contributed by atoms with Gasteiger partial charge >= 0.3 is 0 Å². The van der Waals surface area contributed by atoms with Gasteiger partial charge in [0.1, 0.15) is 17.8 Å². The molecular weight excluding hydrogens is 272 g/mol. The van der Waals surface area contributed by atoms with Gasteiger partial charge in [-0.25, -0.2) is 9.98 Å². The molecular formula is C19H14N2O. The van der Waals surface area contributed by atoms with Gasteiger partial charge in [0, 0.05) is 11.8 Å². The van der Waals surface area contributed by atoms with Crippen LogP contribution < -0.4 is 0 Å². The molecule has 0 saturated carbocycles. The van der Waals surface area contributed by atoms with Gasteiger partial charge < -0.3 is 4.74 Å². The van der Waals surface area contributed by atoms with E-state index in [-0.39, 0.29) is 12.1 Å². The van der Waals surface area contributed by atoms with Gasteiger partial charge in [0.15, 0.2) is 0 Å². The second kappa shape index (κ2) is 4.41. The maximum absolute atomic E-state index is 6.09. The Morgan fingerprint density at radius 1 is 0.909 bits per heavy atom. The lowest BCUT2D eigenvalue weighted by Crippen LogP contribution is -2.14. The summed E-state index contributed by atoms with van der Waals surface area (Å²) in [6, 6.07) is 20.8. The van der Waals surface area contributed by atoms with Crippen LogP contribution in [-0.2, 0) is 11.2 Å². The van der Waals surface area contributed by atoms with Crippen LogP contribution in [0.25, 0.3) is 10.9 Å². The second-order valence-electron chi connectivity index (χ2n) is 5.83. The van der Waals surface area contributed by atoms with E-state index in [4.69, 9.17) is 9.73 Å². The number of rotatable bonds is 1. The number of benzene rings is 2. The fourth-order valence-corrected chi connectivity index (χ4v) is 3.41. The number of hydrogen-bond acceptors (Lipinski definition) is 3. The fraction of sp³-hybridized carbons (Fsp3) is 0.158. The first-order valence-electron chi connectivity index (χ1n) is 7.57. The van der Waals surface area contributed by atoms with Crippen molar-refractivity contribution in [3.05, 3.63) is 77.5 Å². The summed E-state index contributed by atoms with van der Waals surface area (Å²) in [5.41, 5.74) is 4.45. The summed E-state index contributed by atoms with van der Waals surface area (Å²) in [5.74, 6) is 0.676. The minimum absolute atomic E-state index is 0.125. The molecule has 1 aromatic heterocycles. The van der Waals surface area contributed by atoms with Crippen LogP contribution in [0.5, 0.6) is 0 Å². The average molecular weight is 286 g/mol. The molecule has 0 radical (unpaired) electrons. The van der Waals surface area contributed by atoms with Gasteiger partial charge in [-0.15, -0.1) is 0 Å². The topological polar surface area (TPSA) is 34.5 Å². The van der Waals surface area contributed by atoms with E-state index in [1.165, 1.54) is 11.1 Å². The Morgan fingerprint density at radius 2 is 1.77 bits per heavy atom.